The van der Waals surface area contributed by atoms with Gasteiger partial charge in [-0.25, -0.2) is 9.67 Å². The molecule has 0 atom stereocenters. The number of benzene rings is 2. The predicted molar refractivity (Wildman–Crippen MR) is 104 cm³/mol. The van der Waals surface area contributed by atoms with Crippen LogP contribution >= 0.6 is 0 Å². The highest BCUT2D eigenvalue weighted by atomic mass is 15.4. The number of para-hydroxylation sites is 2. The molecule has 0 radical (unpaired) electrons. The Morgan fingerprint density at radius 2 is 1.73 bits per heavy atom. The van der Waals surface area contributed by atoms with Crippen LogP contribution in [-0.4, -0.2) is 50.1 Å². The lowest BCUT2D eigenvalue weighted by molar-refractivity contribution is 0.382. The standard InChI is InChI=1S/C20H24N6/c1-14-11-17-19(12-15(14)2)26(23-22-17)13-20-21-16-7-5-6-8-18(16)25(20)10-9-24(3)4/h5-8,11-12H,9-10,13H2,1-4H3. The van der Waals surface area contributed by atoms with Gasteiger partial charge in [0, 0.05) is 13.1 Å². The molecular formula is C20H24N6. The molecule has 2 aromatic heterocycles. The Bertz CT molecular complexity index is 1070. The van der Waals surface area contributed by atoms with Gasteiger partial charge in [-0.15, -0.1) is 5.10 Å². The fourth-order valence-electron chi connectivity index (χ4n) is 3.27. The highest BCUT2D eigenvalue weighted by Gasteiger charge is 2.14. The summed E-state index contributed by atoms with van der Waals surface area (Å²) >= 11 is 0. The summed E-state index contributed by atoms with van der Waals surface area (Å²) in [6.45, 7) is 6.70. The van der Waals surface area contributed by atoms with Crippen LogP contribution in [0.1, 0.15) is 17.0 Å². The van der Waals surface area contributed by atoms with Crippen LogP contribution < -0.4 is 0 Å². The molecule has 0 aliphatic heterocycles. The van der Waals surface area contributed by atoms with Crippen LogP contribution in [0.15, 0.2) is 36.4 Å². The average molecular weight is 348 g/mol. The zero-order chi connectivity index (χ0) is 18.3. The molecule has 0 saturated carbocycles. The van der Waals surface area contributed by atoms with Crippen LogP contribution in [0.5, 0.6) is 0 Å². The zero-order valence-electron chi connectivity index (χ0n) is 15.8. The van der Waals surface area contributed by atoms with E-state index in [1.807, 2.05) is 10.7 Å². The Kier molecular flexibility index (Phi) is 4.20. The van der Waals surface area contributed by atoms with Gasteiger partial charge in [-0.3, -0.25) is 0 Å². The summed E-state index contributed by atoms with van der Waals surface area (Å²) in [5, 5.41) is 8.72. The van der Waals surface area contributed by atoms with Crippen molar-refractivity contribution in [1.82, 2.24) is 29.4 Å². The Morgan fingerprint density at radius 3 is 2.54 bits per heavy atom. The van der Waals surface area contributed by atoms with Crippen LogP contribution in [0.2, 0.25) is 0 Å². The van der Waals surface area contributed by atoms with Crippen LogP contribution in [0.3, 0.4) is 0 Å². The highest BCUT2D eigenvalue weighted by Crippen LogP contribution is 2.20. The Morgan fingerprint density at radius 1 is 0.962 bits per heavy atom. The summed E-state index contributed by atoms with van der Waals surface area (Å²) < 4.78 is 4.25. The number of aryl methyl sites for hydroxylation is 2. The predicted octanol–water partition coefficient (Wildman–Crippen LogP) is 3.01. The summed E-state index contributed by atoms with van der Waals surface area (Å²) in [5.74, 6) is 1.01. The van der Waals surface area contributed by atoms with Crippen molar-refractivity contribution >= 4 is 22.1 Å². The van der Waals surface area contributed by atoms with Crippen molar-refractivity contribution < 1.29 is 0 Å². The number of nitrogens with zero attached hydrogens (tertiary/aromatic N) is 6. The Labute approximate surface area is 153 Å². The molecule has 0 unspecified atom stereocenters. The molecular weight excluding hydrogens is 324 g/mol. The number of imidazole rings is 1. The zero-order valence-corrected chi connectivity index (χ0v) is 15.8. The fraction of sp³-hybridized carbons (Fsp3) is 0.350. The van der Waals surface area contributed by atoms with Gasteiger partial charge in [-0.1, -0.05) is 17.3 Å². The van der Waals surface area contributed by atoms with Gasteiger partial charge in [0.05, 0.1) is 16.6 Å². The molecule has 0 aliphatic carbocycles. The van der Waals surface area contributed by atoms with Crippen molar-refractivity contribution in [2.45, 2.75) is 26.9 Å². The minimum absolute atomic E-state index is 0.612. The van der Waals surface area contributed by atoms with Crippen molar-refractivity contribution in [2.24, 2.45) is 0 Å². The van der Waals surface area contributed by atoms with Gasteiger partial charge in [0.1, 0.15) is 17.9 Å². The van der Waals surface area contributed by atoms with E-state index in [4.69, 9.17) is 4.98 Å². The van der Waals surface area contributed by atoms with E-state index in [-0.39, 0.29) is 0 Å². The van der Waals surface area contributed by atoms with Crippen LogP contribution in [-0.2, 0) is 13.1 Å². The molecule has 134 valence electrons. The first-order valence-corrected chi connectivity index (χ1v) is 8.92. The Balaban J connectivity index is 1.77. The van der Waals surface area contributed by atoms with E-state index >= 15 is 0 Å². The molecule has 26 heavy (non-hydrogen) atoms. The molecule has 4 aromatic rings. The minimum Gasteiger partial charge on any atom is -0.325 e. The smallest absolute Gasteiger partial charge is 0.131 e. The molecule has 0 spiro atoms. The third kappa shape index (κ3) is 2.97. The molecule has 0 fully saturated rings. The molecule has 2 aromatic carbocycles. The summed E-state index contributed by atoms with van der Waals surface area (Å²) in [6, 6.07) is 12.6. The van der Waals surface area contributed by atoms with E-state index in [1.54, 1.807) is 0 Å². The maximum Gasteiger partial charge on any atom is 0.131 e. The second-order valence-corrected chi connectivity index (χ2v) is 7.14. The quantitative estimate of drug-likeness (QED) is 0.556. The summed E-state index contributed by atoms with van der Waals surface area (Å²) in [6.07, 6.45) is 0. The Hall–Kier alpha value is -2.73. The maximum absolute atomic E-state index is 4.87. The van der Waals surface area contributed by atoms with E-state index < -0.39 is 0 Å². The van der Waals surface area contributed by atoms with Crippen molar-refractivity contribution in [3.05, 3.63) is 53.3 Å². The maximum atomic E-state index is 4.87. The number of aromatic nitrogens is 5. The molecule has 0 aliphatic rings. The first-order chi connectivity index (χ1) is 12.5. The summed E-state index contributed by atoms with van der Waals surface area (Å²) in [4.78, 5) is 7.06. The molecule has 6 heteroatoms. The second-order valence-electron chi connectivity index (χ2n) is 7.14. The largest absolute Gasteiger partial charge is 0.325 e. The normalized spacial score (nSPS) is 11.9. The van der Waals surface area contributed by atoms with Gasteiger partial charge in [0.2, 0.25) is 0 Å². The molecule has 0 saturated heterocycles. The first kappa shape index (κ1) is 16.7. The van der Waals surface area contributed by atoms with E-state index in [9.17, 15) is 0 Å². The van der Waals surface area contributed by atoms with E-state index in [1.165, 1.54) is 16.6 Å². The van der Waals surface area contributed by atoms with Crippen molar-refractivity contribution in [3.63, 3.8) is 0 Å². The van der Waals surface area contributed by atoms with Gasteiger partial charge < -0.3 is 9.47 Å². The average Bonchev–Trinajstić information content (AvgIpc) is 3.15. The van der Waals surface area contributed by atoms with Gasteiger partial charge in [-0.2, -0.15) is 0 Å². The highest BCUT2D eigenvalue weighted by molar-refractivity contribution is 5.77. The lowest BCUT2D eigenvalue weighted by Gasteiger charge is -2.13. The molecule has 0 bridgehead atoms. The van der Waals surface area contributed by atoms with Crippen LogP contribution in [0, 0.1) is 13.8 Å². The number of hydrogen-bond donors (Lipinski definition) is 0. The number of rotatable bonds is 5. The fourth-order valence-corrected chi connectivity index (χ4v) is 3.27. The number of hydrogen-bond acceptors (Lipinski definition) is 4. The van der Waals surface area contributed by atoms with Crippen molar-refractivity contribution in [3.8, 4) is 0 Å². The third-order valence-corrected chi connectivity index (χ3v) is 4.93. The second kappa shape index (κ2) is 6.53. The van der Waals surface area contributed by atoms with Crippen molar-refractivity contribution in [1.29, 1.82) is 0 Å². The van der Waals surface area contributed by atoms with Crippen molar-refractivity contribution in [2.75, 3.05) is 20.6 Å². The van der Waals surface area contributed by atoms with E-state index in [2.05, 4.69) is 78.1 Å². The molecule has 4 rings (SSSR count). The van der Waals surface area contributed by atoms with Crippen LogP contribution in [0.25, 0.3) is 22.1 Å². The monoisotopic (exact) mass is 348 g/mol. The molecule has 6 nitrogen and oxygen atoms in total. The molecule has 0 amide bonds. The van der Waals surface area contributed by atoms with E-state index in [0.717, 1.165) is 35.5 Å². The SMILES string of the molecule is Cc1cc2nnn(Cc3nc4ccccc4n3CCN(C)C)c2cc1C. The molecule has 2 heterocycles. The number of likely N-dealkylation sites (N-methyl/N-ethyl adjacent to an activating group) is 1. The van der Waals surface area contributed by atoms with Gasteiger partial charge in [-0.05, 0) is 63.3 Å². The summed E-state index contributed by atoms with van der Waals surface area (Å²) in [5.41, 5.74) is 6.67. The lowest BCUT2D eigenvalue weighted by Crippen LogP contribution is -2.20. The number of fused-ring (bicyclic) bond motifs is 2. The third-order valence-electron chi connectivity index (χ3n) is 4.93. The summed E-state index contributed by atoms with van der Waals surface area (Å²) in [7, 11) is 4.18. The van der Waals surface area contributed by atoms with Crippen LogP contribution in [0.4, 0.5) is 0 Å². The minimum atomic E-state index is 0.612. The van der Waals surface area contributed by atoms with Gasteiger partial charge in [0.25, 0.3) is 0 Å². The molecule has 0 N–H and O–H groups in total. The topological polar surface area (TPSA) is 51.8 Å². The van der Waals surface area contributed by atoms with Gasteiger partial charge >= 0.3 is 0 Å². The van der Waals surface area contributed by atoms with Gasteiger partial charge in [0.15, 0.2) is 0 Å². The lowest BCUT2D eigenvalue weighted by atomic mass is 10.1. The van der Waals surface area contributed by atoms with E-state index in [0.29, 0.717) is 6.54 Å². The first-order valence-electron chi connectivity index (χ1n) is 8.92.